The highest BCUT2D eigenvalue weighted by Crippen LogP contribution is 2.28. The molecule has 1 heterocycles. The van der Waals surface area contributed by atoms with E-state index >= 15 is 0 Å². The molecule has 5 heteroatoms. The average Bonchev–Trinajstić information content (AvgIpc) is 2.39. The Bertz CT molecular complexity index is 528. The predicted octanol–water partition coefficient (Wildman–Crippen LogP) is 2.07. The van der Waals surface area contributed by atoms with Crippen LogP contribution in [0.25, 0.3) is 0 Å². The Labute approximate surface area is 97.5 Å². The van der Waals surface area contributed by atoms with E-state index in [4.69, 9.17) is 0 Å². The Morgan fingerprint density at radius 3 is 2.47 bits per heavy atom. The van der Waals surface area contributed by atoms with Crippen LogP contribution in [0.4, 0.5) is 5.69 Å². The van der Waals surface area contributed by atoms with E-state index in [1.54, 1.807) is 30.3 Å². The van der Waals surface area contributed by atoms with Crippen molar-refractivity contribution in [3.05, 3.63) is 70.0 Å². The van der Waals surface area contributed by atoms with Gasteiger partial charge in [0, 0.05) is 18.5 Å². The molecule has 0 fully saturated rings. The molecule has 1 atom stereocenters. The van der Waals surface area contributed by atoms with Crippen LogP contribution in [0.5, 0.6) is 0 Å². The summed E-state index contributed by atoms with van der Waals surface area (Å²) in [6.07, 6.45) is 2.06. The first-order valence-electron chi connectivity index (χ1n) is 5.01. The number of pyridine rings is 1. The van der Waals surface area contributed by atoms with Crippen LogP contribution >= 0.6 is 0 Å². The highest BCUT2D eigenvalue weighted by atomic mass is 16.6. The minimum Gasteiger partial charge on any atom is -0.383 e. The monoisotopic (exact) mass is 230 g/mol. The molecule has 86 valence electrons. The Morgan fingerprint density at radius 2 is 1.82 bits per heavy atom. The molecular formula is C12H10N2O3. The number of nitro groups is 1. The second kappa shape index (κ2) is 4.71. The van der Waals surface area contributed by atoms with Gasteiger partial charge in [-0.1, -0.05) is 12.1 Å². The zero-order valence-corrected chi connectivity index (χ0v) is 8.85. The first kappa shape index (κ1) is 11.2. The number of para-hydroxylation sites is 1. The summed E-state index contributed by atoms with van der Waals surface area (Å²) in [7, 11) is 0. The van der Waals surface area contributed by atoms with Crippen molar-refractivity contribution in [1.82, 2.24) is 4.98 Å². The Hall–Kier alpha value is -2.27. The number of rotatable bonds is 3. The van der Waals surface area contributed by atoms with Crippen LogP contribution in [0, 0.1) is 10.1 Å². The quantitative estimate of drug-likeness (QED) is 0.646. The summed E-state index contributed by atoms with van der Waals surface area (Å²) in [6.45, 7) is 0. The lowest BCUT2D eigenvalue weighted by Crippen LogP contribution is -2.03. The molecule has 0 aliphatic carbocycles. The van der Waals surface area contributed by atoms with Crippen molar-refractivity contribution in [2.45, 2.75) is 6.10 Å². The number of aromatic nitrogens is 1. The first-order chi connectivity index (χ1) is 8.20. The van der Waals surface area contributed by atoms with E-state index in [0.717, 1.165) is 0 Å². The number of hydrogen-bond donors (Lipinski definition) is 1. The summed E-state index contributed by atoms with van der Waals surface area (Å²) in [5.74, 6) is 0. The summed E-state index contributed by atoms with van der Waals surface area (Å²) in [5.41, 5.74) is 0.773. The molecule has 1 N–H and O–H groups in total. The zero-order valence-electron chi connectivity index (χ0n) is 8.85. The van der Waals surface area contributed by atoms with Crippen LogP contribution in [0.3, 0.4) is 0 Å². The summed E-state index contributed by atoms with van der Waals surface area (Å²) in [5, 5.41) is 20.9. The van der Waals surface area contributed by atoms with Crippen LogP contribution < -0.4 is 0 Å². The van der Waals surface area contributed by atoms with Gasteiger partial charge >= 0.3 is 0 Å². The van der Waals surface area contributed by atoms with Crippen molar-refractivity contribution in [3.8, 4) is 0 Å². The second-order valence-corrected chi connectivity index (χ2v) is 3.50. The fraction of sp³-hybridized carbons (Fsp3) is 0.0833. The van der Waals surface area contributed by atoms with Gasteiger partial charge in [-0.2, -0.15) is 0 Å². The number of hydrogen-bond acceptors (Lipinski definition) is 4. The molecule has 5 nitrogen and oxygen atoms in total. The topological polar surface area (TPSA) is 76.3 Å². The van der Waals surface area contributed by atoms with E-state index < -0.39 is 11.0 Å². The van der Waals surface area contributed by atoms with Gasteiger partial charge in [-0.05, 0) is 23.8 Å². The van der Waals surface area contributed by atoms with E-state index in [1.807, 2.05) is 0 Å². The average molecular weight is 230 g/mol. The van der Waals surface area contributed by atoms with E-state index in [1.165, 1.54) is 18.5 Å². The lowest BCUT2D eigenvalue weighted by Gasteiger charge is -2.10. The standard InChI is InChI=1S/C12H10N2O3/c15-12(9-5-7-13-8-6-9)10-3-1-2-4-11(10)14(16)17/h1-8,12,15H/t12-/m1/s1. The predicted molar refractivity (Wildman–Crippen MR) is 61.4 cm³/mol. The van der Waals surface area contributed by atoms with Gasteiger partial charge in [0.2, 0.25) is 0 Å². The molecule has 0 aliphatic heterocycles. The Balaban J connectivity index is 2.44. The number of nitrogens with zero attached hydrogens (tertiary/aromatic N) is 2. The molecule has 0 radical (unpaired) electrons. The van der Waals surface area contributed by atoms with Gasteiger partial charge < -0.3 is 5.11 Å². The summed E-state index contributed by atoms with van der Waals surface area (Å²) in [4.78, 5) is 14.2. The van der Waals surface area contributed by atoms with Gasteiger partial charge in [-0.3, -0.25) is 15.1 Å². The van der Waals surface area contributed by atoms with E-state index in [2.05, 4.69) is 4.98 Å². The summed E-state index contributed by atoms with van der Waals surface area (Å²) < 4.78 is 0. The van der Waals surface area contributed by atoms with E-state index in [-0.39, 0.29) is 11.3 Å². The van der Waals surface area contributed by atoms with Crippen molar-refractivity contribution in [2.24, 2.45) is 0 Å². The largest absolute Gasteiger partial charge is 0.383 e. The minimum absolute atomic E-state index is 0.0863. The molecule has 2 aromatic rings. The highest BCUT2D eigenvalue weighted by molar-refractivity contribution is 5.44. The number of aliphatic hydroxyl groups excluding tert-OH is 1. The van der Waals surface area contributed by atoms with Crippen molar-refractivity contribution >= 4 is 5.69 Å². The van der Waals surface area contributed by atoms with Gasteiger partial charge in [-0.15, -0.1) is 0 Å². The van der Waals surface area contributed by atoms with Gasteiger partial charge in [0.05, 0.1) is 10.5 Å². The second-order valence-electron chi connectivity index (χ2n) is 3.50. The van der Waals surface area contributed by atoms with Crippen LogP contribution in [0.15, 0.2) is 48.8 Å². The third-order valence-electron chi connectivity index (χ3n) is 2.45. The zero-order chi connectivity index (χ0) is 12.3. The molecule has 0 saturated carbocycles. The fourth-order valence-electron chi connectivity index (χ4n) is 1.61. The van der Waals surface area contributed by atoms with Crippen molar-refractivity contribution in [2.75, 3.05) is 0 Å². The molecule has 0 aliphatic rings. The van der Waals surface area contributed by atoms with Gasteiger partial charge in [0.1, 0.15) is 6.10 Å². The van der Waals surface area contributed by atoms with Crippen molar-refractivity contribution < 1.29 is 10.0 Å². The minimum atomic E-state index is -1.01. The molecule has 0 amide bonds. The smallest absolute Gasteiger partial charge is 0.275 e. The van der Waals surface area contributed by atoms with Crippen LogP contribution in [0.2, 0.25) is 0 Å². The molecule has 2 rings (SSSR count). The molecule has 0 bridgehead atoms. The lowest BCUT2D eigenvalue weighted by atomic mass is 10.0. The third kappa shape index (κ3) is 2.29. The Kier molecular flexibility index (Phi) is 3.11. The number of nitro benzene ring substituents is 1. The van der Waals surface area contributed by atoms with Crippen molar-refractivity contribution in [3.63, 3.8) is 0 Å². The summed E-state index contributed by atoms with van der Waals surface area (Å²) >= 11 is 0. The van der Waals surface area contributed by atoms with E-state index in [9.17, 15) is 15.2 Å². The van der Waals surface area contributed by atoms with E-state index in [0.29, 0.717) is 5.56 Å². The van der Waals surface area contributed by atoms with Crippen molar-refractivity contribution in [1.29, 1.82) is 0 Å². The number of benzene rings is 1. The molecule has 17 heavy (non-hydrogen) atoms. The van der Waals surface area contributed by atoms with Gasteiger partial charge in [-0.25, -0.2) is 0 Å². The molecule has 1 aromatic heterocycles. The lowest BCUT2D eigenvalue weighted by molar-refractivity contribution is -0.386. The van der Waals surface area contributed by atoms with Gasteiger partial charge in [0.15, 0.2) is 0 Å². The maximum absolute atomic E-state index is 10.8. The normalized spacial score (nSPS) is 12.1. The maximum Gasteiger partial charge on any atom is 0.275 e. The SMILES string of the molecule is O=[N+]([O-])c1ccccc1[C@H](O)c1ccncc1. The maximum atomic E-state index is 10.8. The van der Waals surface area contributed by atoms with Gasteiger partial charge in [0.25, 0.3) is 5.69 Å². The molecule has 1 aromatic carbocycles. The molecule has 0 saturated heterocycles. The first-order valence-corrected chi connectivity index (χ1v) is 5.01. The summed E-state index contributed by atoms with van der Waals surface area (Å²) in [6, 6.07) is 9.40. The van der Waals surface area contributed by atoms with Crippen LogP contribution in [0.1, 0.15) is 17.2 Å². The van der Waals surface area contributed by atoms with Crippen LogP contribution in [-0.4, -0.2) is 15.0 Å². The van der Waals surface area contributed by atoms with Crippen LogP contribution in [-0.2, 0) is 0 Å². The number of aliphatic hydroxyl groups is 1. The highest BCUT2D eigenvalue weighted by Gasteiger charge is 2.20. The molecule has 0 spiro atoms. The third-order valence-corrected chi connectivity index (χ3v) is 2.45. The fourth-order valence-corrected chi connectivity index (χ4v) is 1.61. The molecular weight excluding hydrogens is 220 g/mol. The Morgan fingerprint density at radius 1 is 1.18 bits per heavy atom. The molecule has 0 unspecified atom stereocenters.